The molecule has 0 fully saturated rings. The van der Waals surface area contributed by atoms with Gasteiger partial charge in [0.1, 0.15) is 0 Å². The maximum atomic E-state index is 5.62. The van der Waals surface area contributed by atoms with E-state index in [0.29, 0.717) is 0 Å². The van der Waals surface area contributed by atoms with Crippen LogP contribution in [-0.2, 0) is 4.43 Å². The SMILES string of the molecule is C/C=C\CCC.C/C=C\CCO[Si](C)(C)C.C=CCCC.C=CCCC.CCC/C=C\Cl.CCC/C=C\Cl. The van der Waals surface area contributed by atoms with Crippen LogP contribution in [0.25, 0.3) is 0 Å². The number of rotatable bonds is 14. The van der Waals surface area contributed by atoms with Crippen LogP contribution in [0.3, 0.4) is 0 Å². The summed E-state index contributed by atoms with van der Waals surface area (Å²) in [4.78, 5) is 0. The fourth-order valence-corrected chi connectivity index (χ4v) is 2.78. The molecule has 0 atom stereocenters. The van der Waals surface area contributed by atoms with Crippen LogP contribution in [0.1, 0.15) is 119 Å². The largest absolute Gasteiger partial charge is 0.417 e. The van der Waals surface area contributed by atoms with Crippen LogP contribution in [0.15, 0.2) is 72.8 Å². The predicted octanol–water partition coefficient (Wildman–Crippen LogP) is 14.2. The molecule has 1 nitrogen and oxygen atoms in total. The molecular formula is C34H68Cl2OSi. The summed E-state index contributed by atoms with van der Waals surface area (Å²) in [6.07, 6.45) is 29.1. The highest BCUT2D eigenvalue weighted by molar-refractivity contribution is 6.69. The molecule has 0 amide bonds. The maximum absolute atomic E-state index is 5.62. The van der Waals surface area contributed by atoms with E-state index in [9.17, 15) is 0 Å². The summed E-state index contributed by atoms with van der Waals surface area (Å²) in [6, 6.07) is 0. The Hall–Kier alpha value is -0.803. The Bertz CT molecular complexity index is 446. The van der Waals surface area contributed by atoms with Crippen molar-refractivity contribution in [2.24, 2.45) is 0 Å². The van der Waals surface area contributed by atoms with E-state index in [-0.39, 0.29) is 0 Å². The first-order chi connectivity index (χ1) is 18.1. The van der Waals surface area contributed by atoms with Crippen LogP contribution in [0.2, 0.25) is 19.6 Å². The second kappa shape index (κ2) is 56.4. The normalized spacial score (nSPS) is 10.2. The highest BCUT2D eigenvalue weighted by Crippen LogP contribution is 2.02. The van der Waals surface area contributed by atoms with Crippen LogP contribution < -0.4 is 0 Å². The van der Waals surface area contributed by atoms with Gasteiger partial charge in [0.05, 0.1) is 0 Å². The molecule has 0 N–H and O–H groups in total. The Kier molecular flexibility index (Phi) is 74.3. The topological polar surface area (TPSA) is 9.23 Å². The predicted molar refractivity (Wildman–Crippen MR) is 188 cm³/mol. The van der Waals surface area contributed by atoms with Crippen molar-refractivity contribution in [2.45, 2.75) is 139 Å². The lowest BCUT2D eigenvalue weighted by Gasteiger charge is -2.15. The summed E-state index contributed by atoms with van der Waals surface area (Å²) < 4.78 is 5.62. The summed E-state index contributed by atoms with van der Waals surface area (Å²) in [5.41, 5.74) is 3.12. The Balaban J connectivity index is -0.0000000826. The molecule has 4 heteroatoms. The number of unbranched alkanes of at least 4 members (excludes halogenated alkanes) is 5. The van der Waals surface area contributed by atoms with Crippen LogP contribution >= 0.6 is 23.2 Å². The third kappa shape index (κ3) is 112. The highest BCUT2D eigenvalue weighted by atomic mass is 35.5. The summed E-state index contributed by atoms with van der Waals surface area (Å²) in [5, 5.41) is 0. The van der Waals surface area contributed by atoms with Crippen molar-refractivity contribution < 1.29 is 4.43 Å². The molecule has 0 radical (unpaired) electrons. The molecule has 228 valence electrons. The molecule has 0 aromatic heterocycles. The van der Waals surface area contributed by atoms with Gasteiger partial charge in [-0.2, -0.15) is 0 Å². The van der Waals surface area contributed by atoms with Gasteiger partial charge in [-0.05, 0) is 72.0 Å². The van der Waals surface area contributed by atoms with E-state index in [2.05, 4.69) is 98.6 Å². The minimum atomic E-state index is -1.24. The lowest BCUT2D eigenvalue weighted by Crippen LogP contribution is -2.25. The lowest BCUT2D eigenvalue weighted by molar-refractivity contribution is 0.319. The van der Waals surface area contributed by atoms with Gasteiger partial charge in [-0.25, -0.2) is 0 Å². The quantitative estimate of drug-likeness (QED) is 0.111. The third-order valence-corrected chi connectivity index (χ3v) is 5.25. The van der Waals surface area contributed by atoms with Gasteiger partial charge < -0.3 is 4.43 Å². The lowest BCUT2D eigenvalue weighted by atomic mass is 10.3. The maximum Gasteiger partial charge on any atom is 0.183 e. The average Bonchev–Trinajstić information content (AvgIpc) is 2.90. The molecule has 0 saturated carbocycles. The van der Waals surface area contributed by atoms with Crippen molar-refractivity contribution in [1.82, 2.24) is 0 Å². The molecule has 0 aliphatic rings. The Morgan fingerprint density at radius 2 is 0.868 bits per heavy atom. The van der Waals surface area contributed by atoms with Crippen molar-refractivity contribution in [3.8, 4) is 0 Å². The summed E-state index contributed by atoms with van der Waals surface area (Å²) in [6.45, 7) is 29.4. The van der Waals surface area contributed by atoms with Gasteiger partial charge in [-0.15, -0.1) is 13.2 Å². The molecule has 0 unspecified atom stereocenters. The zero-order chi connectivity index (χ0) is 30.8. The van der Waals surface area contributed by atoms with E-state index in [0.717, 1.165) is 38.7 Å². The number of hydrogen-bond donors (Lipinski definition) is 0. The molecule has 0 aliphatic carbocycles. The van der Waals surface area contributed by atoms with Crippen molar-refractivity contribution in [3.63, 3.8) is 0 Å². The zero-order valence-corrected chi connectivity index (χ0v) is 29.8. The molecule has 38 heavy (non-hydrogen) atoms. The summed E-state index contributed by atoms with van der Waals surface area (Å²) >= 11 is 10.4. The second-order valence-corrected chi connectivity index (χ2v) is 14.1. The fourth-order valence-electron chi connectivity index (χ4n) is 1.80. The number of halogens is 2. The first-order valence-electron chi connectivity index (χ1n) is 14.7. The van der Waals surface area contributed by atoms with E-state index in [1.54, 1.807) is 11.1 Å². The molecule has 0 aromatic rings. The second-order valence-electron chi connectivity index (χ2n) is 9.13. The Morgan fingerprint density at radius 3 is 1.03 bits per heavy atom. The monoisotopic (exact) mass is 590 g/mol. The number of allylic oxidation sites excluding steroid dienone is 7. The first-order valence-corrected chi connectivity index (χ1v) is 19.0. The molecular weight excluding hydrogens is 523 g/mol. The minimum absolute atomic E-state index is 0.889. The molecule has 0 heterocycles. The first kappa shape index (κ1) is 50.1. The van der Waals surface area contributed by atoms with Gasteiger partial charge in [-0.1, -0.05) is 139 Å². The van der Waals surface area contributed by atoms with Gasteiger partial charge in [0.15, 0.2) is 8.32 Å². The summed E-state index contributed by atoms with van der Waals surface area (Å²) in [7, 11) is -1.24. The van der Waals surface area contributed by atoms with Crippen molar-refractivity contribution in [2.75, 3.05) is 6.61 Å². The zero-order valence-electron chi connectivity index (χ0n) is 27.3. The van der Waals surface area contributed by atoms with E-state index >= 15 is 0 Å². The van der Waals surface area contributed by atoms with E-state index < -0.39 is 8.32 Å². The van der Waals surface area contributed by atoms with Crippen molar-refractivity contribution in [1.29, 1.82) is 0 Å². The molecule has 0 aliphatic heterocycles. The van der Waals surface area contributed by atoms with Crippen LogP contribution in [0.5, 0.6) is 0 Å². The van der Waals surface area contributed by atoms with Gasteiger partial charge in [-0.3, -0.25) is 0 Å². The fraction of sp³-hybridized carbons (Fsp3) is 0.647. The Labute approximate surface area is 253 Å². The van der Waals surface area contributed by atoms with Crippen LogP contribution in [0, 0.1) is 0 Å². The van der Waals surface area contributed by atoms with Crippen molar-refractivity contribution >= 4 is 31.5 Å². The highest BCUT2D eigenvalue weighted by Gasteiger charge is 2.12. The Morgan fingerprint density at radius 1 is 0.553 bits per heavy atom. The van der Waals surface area contributed by atoms with Gasteiger partial charge in [0.2, 0.25) is 0 Å². The van der Waals surface area contributed by atoms with Crippen LogP contribution in [-0.4, -0.2) is 14.9 Å². The van der Waals surface area contributed by atoms with E-state index in [1.165, 1.54) is 38.5 Å². The van der Waals surface area contributed by atoms with E-state index in [4.69, 9.17) is 27.6 Å². The number of hydrogen-bond acceptors (Lipinski definition) is 1. The molecule has 0 aromatic carbocycles. The molecule has 0 bridgehead atoms. The van der Waals surface area contributed by atoms with Gasteiger partial charge in [0, 0.05) is 17.7 Å². The van der Waals surface area contributed by atoms with Crippen molar-refractivity contribution in [3.05, 3.63) is 72.8 Å². The molecule has 0 spiro atoms. The van der Waals surface area contributed by atoms with Gasteiger partial charge >= 0.3 is 0 Å². The summed E-state index contributed by atoms with van der Waals surface area (Å²) in [5.74, 6) is 0. The average molecular weight is 592 g/mol. The minimum Gasteiger partial charge on any atom is -0.417 e. The van der Waals surface area contributed by atoms with Gasteiger partial charge in [0.25, 0.3) is 0 Å². The van der Waals surface area contributed by atoms with E-state index in [1.807, 2.05) is 31.2 Å². The molecule has 0 saturated heterocycles. The van der Waals surface area contributed by atoms with Crippen LogP contribution in [0.4, 0.5) is 0 Å². The smallest absolute Gasteiger partial charge is 0.183 e. The molecule has 0 rings (SSSR count). The third-order valence-electron chi connectivity index (χ3n) is 3.82. The standard InChI is InChI=1S/C8H18OSi.C6H12.2C5H9Cl.2C5H10/c1-5-6-7-8-9-10(2,3)4;1-3-5-6-4-2;2*1-2-3-4-5-6;2*1-3-5-4-2/h5-6H,7-8H2,1-4H3;3,5H,4,6H2,1-2H3;2*4-5H,2-3H2,1H3;2*3H,1,4-5H2,2H3/b6-5-;5-3-;2*5-4-;;.